The Morgan fingerprint density at radius 2 is 1.90 bits per heavy atom. The fourth-order valence-corrected chi connectivity index (χ4v) is 10.3. The number of fused-ring (bicyclic) bond motifs is 6. The fourth-order valence-electron chi connectivity index (χ4n) is 8.54. The monoisotopic (exact) mass is 612 g/mol. The number of nitrogens with one attached hydrogen (secondary N) is 1. The van der Waals surface area contributed by atoms with Gasteiger partial charge in [0.1, 0.15) is 5.75 Å². The summed E-state index contributed by atoms with van der Waals surface area (Å²) in [6, 6.07) is 11.5. The molecule has 5 aliphatic rings. The number of ether oxygens (including phenoxy) is 1. The van der Waals surface area contributed by atoms with Crippen molar-refractivity contribution in [2.24, 2.45) is 17.8 Å². The van der Waals surface area contributed by atoms with Crippen molar-refractivity contribution in [2.75, 3.05) is 24.6 Å². The van der Waals surface area contributed by atoms with Gasteiger partial charge >= 0.3 is 0 Å². The highest BCUT2D eigenvalue weighted by molar-refractivity contribution is 7.90. The summed E-state index contributed by atoms with van der Waals surface area (Å²) in [4.78, 5) is 15.8. The number of sulfonamides is 1. The van der Waals surface area contributed by atoms with Crippen LogP contribution in [0.4, 0.5) is 5.69 Å². The number of nitrogens with zero attached hydrogens (tertiary/aromatic N) is 1. The molecule has 42 heavy (non-hydrogen) atoms. The van der Waals surface area contributed by atoms with Crippen LogP contribution in [0.5, 0.6) is 5.75 Å². The molecule has 2 N–H and O–H groups in total. The SMILES string of the molecule is O=C1NS(=O)(=O)[C@@H]2CCC[C@@H](CC[C@H](O)[C@@H]3CC[C@H]3CN3C[C@@]4(CCCc5cc(Cl)ccc54)COc4ccc1cc43)C2. The number of aliphatic hydroxyl groups is 1. The maximum Gasteiger partial charge on any atom is 0.264 e. The Morgan fingerprint density at radius 3 is 2.74 bits per heavy atom. The van der Waals surface area contributed by atoms with Crippen molar-refractivity contribution in [2.45, 2.75) is 87.4 Å². The Labute approximate surface area is 254 Å². The Hall–Kier alpha value is -2.29. The smallest absolute Gasteiger partial charge is 0.264 e. The lowest BCUT2D eigenvalue weighted by Gasteiger charge is -2.46. The molecule has 2 aromatic rings. The van der Waals surface area contributed by atoms with E-state index in [1.165, 1.54) is 11.1 Å². The molecule has 7 nitrogen and oxygen atoms in total. The van der Waals surface area contributed by atoms with E-state index in [4.69, 9.17) is 16.3 Å². The van der Waals surface area contributed by atoms with Crippen LogP contribution in [0.2, 0.25) is 5.02 Å². The molecular formula is C33H41ClN2O5S. The van der Waals surface area contributed by atoms with Crippen LogP contribution in [0.1, 0.15) is 85.7 Å². The molecule has 0 saturated heterocycles. The zero-order chi connectivity index (χ0) is 29.1. The number of aliphatic hydroxyl groups excluding tert-OH is 1. The fraction of sp³-hybridized carbons (Fsp3) is 0.606. The summed E-state index contributed by atoms with van der Waals surface area (Å²) in [7, 11) is -3.82. The second-order valence-corrected chi connectivity index (χ2v) is 16.0. The molecule has 7 rings (SSSR count). The topological polar surface area (TPSA) is 95.9 Å². The quantitative estimate of drug-likeness (QED) is 0.401. The maximum atomic E-state index is 13.4. The molecule has 2 aliphatic heterocycles. The number of benzene rings is 2. The Balaban J connectivity index is 1.28. The van der Waals surface area contributed by atoms with Crippen molar-refractivity contribution in [3.8, 4) is 5.75 Å². The van der Waals surface area contributed by atoms with E-state index in [0.717, 1.165) is 75.2 Å². The van der Waals surface area contributed by atoms with E-state index >= 15 is 0 Å². The summed E-state index contributed by atoms with van der Waals surface area (Å²) in [6.07, 6.45) is 9.16. The summed E-state index contributed by atoms with van der Waals surface area (Å²) in [5, 5.41) is 11.5. The zero-order valence-corrected chi connectivity index (χ0v) is 25.6. The molecule has 6 atom stereocenters. The summed E-state index contributed by atoms with van der Waals surface area (Å²) in [6.45, 7) is 2.00. The first-order chi connectivity index (χ1) is 20.2. The van der Waals surface area contributed by atoms with Crippen molar-refractivity contribution in [3.63, 3.8) is 0 Å². The number of halogens is 1. The van der Waals surface area contributed by atoms with E-state index in [0.29, 0.717) is 43.1 Å². The average molecular weight is 613 g/mol. The van der Waals surface area contributed by atoms with Gasteiger partial charge in [-0.2, -0.15) is 0 Å². The van der Waals surface area contributed by atoms with Gasteiger partial charge in [-0.1, -0.05) is 30.5 Å². The Bertz CT molecular complexity index is 1480. The van der Waals surface area contributed by atoms with Crippen LogP contribution in [-0.4, -0.2) is 50.5 Å². The predicted molar refractivity (Wildman–Crippen MR) is 164 cm³/mol. The molecule has 2 fully saturated rings. The first kappa shape index (κ1) is 28.5. The van der Waals surface area contributed by atoms with E-state index in [-0.39, 0.29) is 23.4 Å². The van der Waals surface area contributed by atoms with E-state index < -0.39 is 21.2 Å². The number of hydrogen-bond acceptors (Lipinski definition) is 6. The average Bonchev–Trinajstić information content (AvgIpc) is 3.10. The molecule has 9 heteroatoms. The normalized spacial score (nSPS) is 34.2. The molecular weight excluding hydrogens is 572 g/mol. The lowest BCUT2D eigenvalue weighted by Crippen LogP contribution is -2.49. The minimum absolute atomic E-state index is 0.230. The van der Waals surface area contributed by atoms with E-state index in [2.05, 4.69) is 21.8 Å². The highest BCUT2D eigenvalue weighted by Gasteiger charge is 2.45. The minimum atomic E-state index is -3.82. The van der Waals surface area contributed by atoms with Crippen molar-refractivity contribution in [1.82, 2.24) is 4.72 Å². The van der Waals surface area contributed by atoms with Gasteiger partial charge in [0.05, 0.1) is 23.6 Å². The van der Waals surface area contributed by atoms with Crippen molar-refractivity contribution < 1.29 is 23.1 Å². The standard InChI is InChI=1S/C33H41ClN2O5S/c34-25-9-11-28-22(16-25)4-2-14-33(28)19-36-18-24-7-10-27(24)30(37)12-6-21-3-1-5-26(15-21)42(39,40)35-32(38)23-8-13-31(41-20-33)29(36)17-23/h8-9,11,13,16-17,21,24,26-27,30,37H,1-7,10,12,14-15,18-20H2,(H,35,38)/t21-,24-,26+,27+,30-,33-/m0/s1. The highest BCUT2D eigenvalue weighted by atomic mass is 35.5. The van der Waals surface area contributed by atoms with Gasteiger partial charge < -0.3 is 14.7 Å². The third-order valence-electron chi connectivity index (χ3n) is 11.0. The molecule has 2 saturated carbocycles. The van der Waals surface area contributed by atoms with Crippen LogP contribution in [0, 0.1) is 17.8 Å². The van der Waals surface area contributed by atoms with Crippen LogP contribution < -0.4 is 14.4 Å². The lowest BCUT2D eigenvalue weighted by molar-refractivity contribution is 0.00597. The number of aryl methyl sites for hydroxylation is 1. The lowest BCUT2D eigenvalue weighted by atomic mass is 9.67. The second kappa shape index (κ2) is 11.0. The van der Waals surface area contributed by atoms with Gasteiger partial charge in [-0.05, 0) is 117 Å². The van der Waals surface area contributed by atoms with Crippen molar-refractivity contribution in [3.05, 3.63) is 58.1 Å². The number of rotatable bonds is 0. The van der Waals surface area contributed by atoms with Crippen molar-refractivity contribution in [1.29, 1.82) is 0 Å². The van der Waals surface area contributed by atoms with Crippen LogP contribution in [-0.2, 0) is 21.9 Å². The van der Waals surface area contributed by atoms with Crippen LogP contribution in [0.15, 0.2) is 36.4 Å². The highest BCUT2D eigenvalue weighted by Crippen LogP contribution is 2.47. The van der Waals surface area contributed by atoms with E-state index in [9.17, 15) is 18.3 Å². The molecule has 4 bridgehead atoms. The summed E-state index contributed by atoms with van der Waals surface area (Å²) >= 11 is 6.40. The molecule has 3 aliphatic carbocycles. The second-order valence-electron chi connectivity index (χ2n) is 13.6. The molecule has 0 aromatic heterocycles. The van der Waals surface area contributed by atoms with Crippen molar-refractivity contribution >= 4 is 33.2 Å². The Kier molecular flexibility index (Phi) is 7.47. The predicted octanol–water partition coefficient (Wildman–Crippen LogP) is 5.61. The van der Waals surface area contributed by atoms with Gasteiger partial charge in [0.15, 0.2) is 0 Å². The van der Waals surface area contributed by atoms with Crippen LogP contribution in [0.3, 0.4) is 0 Å². The minimum Gasteiger partial charge on any atom is -0.490 e. The zero-order valence-electron chi connectivity index (χ0n) is 24.1. The molecule has 1 spiro atoms. The number of hydrogen-bond donors (Lipinski definition) is 2. The van der Waals surface area contributed by atoms with E-state index in [1.54, 1.807) is 6.07 Å². The molecule has 2 aromatic carbocycles. The molecule has 2 heterocycles. The van der Waals surface area contributed by atoms with Gasteiger partial charge in [0, 0.05) is 29.1 Å². The summed E-state index contributed by atoms with van der Waals surface area (Å²) < 4.78 is 35.7. The molecule has 1 amide bonds. The number of carbonyl (C=O) groups is 1. The number of carbonyl (C=O) groups excluding carboxylic acids is 1. The third kappa shape index (κ3) is 5.22. The van der Waals surface area contributed by atoms with Crippen LogP contribution in [0.25, 0.3) is 0 Å². The van der Waals surface area contributed by atoms with Gasteiger partial charge in [-0.25, -0.2) is 13.1 Å². The number of anilines is 1. The molecule has 0 radical (unpaired) electrons. The largest absolute Gasteiger partial charge is 0.490 e. The first-order valence-corrected chi connectivity index (χ1v) is 17.7. The molecule has 226 valence electrons. The first-order valence-electron chi connectivity index (χ1n) is 15.8. The van der Waals surface area contributed by atoms with Gasteiger partial charge in [0.25, 0.3) is 5.91 Å². The maximum absolute atomic E-state index is 13.4. The molecule has 0 unspecified atom stereocenters. The third-order valence-corrected chi connectivity index (χ3v) is 13.0. The van der Waals surface area contributed by atoms with Gasteiger partial charge in [0.2, 0.25) is 10.0 Å². The van der Waals surface area contributed by atoms with Crippen LogP contribution >= 0.6 is 11.6 Å². The Morgan fingerprint density at radius 1 is 1.02 bits per heavy atom. The van der Waals surface area contributed by atoms with Gasteiger partial charge in [-0.3, -0.25) is 4.79 Å². The van der Waals surface area contributed by atoms with E-state index in [1.807, 2.05) is 18.2 Å². The number of amides is 1. The van der Waals surface area contributed by atoms with Gasteiger partial charge in [-0.15, -0.1) is 0 Å². The summed E-state index contributed by atoms with van der Waals surface area (Å²) in [5.41, 5.74) is 3.45. The summed E-state index contributed by atoms with van der Waals surface area (Å²) in [5.74, 6) is 0.958.